The summed E-state index contributed by atoms with van der Waals surface area (Å²) in [6, 6.07) is 21.3. The van der Waals surface area contributed by atoms with Crippen LogP contribution in [0.25, 0.3) is 22.6 Å². The zero-order chi connectivity index (χ0) is 22.2. The number of imidazole rings is 1. The molecule has 0 atom stereocenters. The van der Waals surface area contributed by atoms with Gasteiger partial charge in [0.15, 0.2) is 5.65 Å². The molecule has 0 saturated carbocycles. The van der Waals surface area contributed by atoms with Gasteiger partial charge in [-0.2, -0.15) is 10.4 Å². The number of aromatic nitrogens is 5. The quantitative estimate of drug-likeness (QED) is 0.442. The molecule has 2 aromatic carbocycles. The predicted molar refractivity (Wildman–Crippen MR) is 122 cm³/mol. The van der Waals surface area contributed by atoms with Gasteiger partial charge < -0.3 is 0 Å². The van der Waals surface area contributed by atoms with Gasteiger partial charge in [-0.05, 0) is 49.7 Å². The Labute approximate surface area is 184 Å². The average Bonchev–Trinajstić information content (AvgIpc) is 3.37. The standard InChI is InChI=1S/C25H20N6O/c1-17-7-10-22(11-8-17)31-24(21-9-12-23-27-16-28-30(23)15-21)18(2)29(25(31)32)14-20-6-4-3-5-19(20)13-26/h3-12,15-16H,14H2,1-2H3. The summed E-state index contributed by atoms with van der Waals surface area (Å²) in [5.41, 5.74) is 6.29. The van der Waals surface area contributed by atoms with Crippen molar-refractivity contribution in [3.63, 3.8) is 0 Å². The highest BCUT2D eigenvalue weighted by Gasteiger charge is 2.21. The third kappa shape index (κ3) is 3.19. The number of benzene rings is 2. The first-order valence-electron chi connectivity index (χ1n) is 10.2. The number of pyridine rings is 1. The van der Waals surface area contributed by atoms with Gasteiger partial charge in [0.1, 0.15) is 6.33 Å². The van der Waals surface area contributed by atoms with Crippen LogP contribution in [0.2, 0.25) is 0 Å². The van der Waals surface area contributed by atoms with E-state index in [1.54, 1.807) is 19.7 Å². The first-order chi connectivity index (χ1) is 15.6. The smallest absolute Gasteiger partial charge is 0.291 e. The fourth-order valence-electron chi connectivity index (χ4n) is 4.00. The van der Waals surface area contributed by atoms with E-state index in [1.165, 1.54) is 6.33 Å². The Hall–Kier alpha value is -4.44. The molecular weight excluding hydrogens is 400 g/mol. The van der Waals surface area contributed by atoms with Crippen molar-refractivity contribution in [1.82, 2.24) is 23.7 Å². The van der Waals surface area contributed by atoms with Crippen LogP contribution in [0.15, 0.2) is 78.0 Å². The summed E-state index contributed by atoms with van der Waals surface area (Å²) < 4.78 is 5.14. The van der Waals surface area contributed by atoms with Gasteiger partial charge in [-0.25, -0.2) is 14.3 Å². The molecule has 0 radical (unpaired) electrons. The van der Waals surface area contributed by atoms with E-state index in [2.05, 4.69) is 16.2 Å². The molecule has 0 fully saturated rings. The van der Waals surface area contributed by atoms with Crippen LogP contribution in [-0.2, 0) is 6.54 Å². The minimum Gasteiger partial charge on any atom is -0.291 e. The third-order valence-electron chi connectivity index (χ3n) is 5.70. The number of aryl methyl sites for hydroxylation is 1. The van der Waals surface area contributed by atoms with Gasteiger partial charge in [-0.15, -0.1) is 0 Å². The summed E-state index contributed by atoms with van der Waals surface area (Å²) in [6.07, 6.45) is 3.38. The van der Waals surface area contributed by atoms with Gasteiger partial charge >= 0.3 is 5.69 Å². The maximum Gasteiger partial charge on any atom is 0.333 e. The second-order valence-corrected chi connectivity index (χ2v) is 7.72. The van der Waals surface area contributed by atoms with Crippen LogP contribution in [-0.4, -0.2) is 23.7 Å². The lowest BCUT2D eigenvalue weighted by atomic mass is 10.1. The monoisotopic (exact) mass is 420 g/mol. The van der Waals surface area contributed by atoms with E-state index in [0.717, 1.165) is 39.4 Å². The van der Waals surface area contributed by atoms with Crippen molar-refractivity contribution in [3.8, 4) is 23.0 Å². The van der Waals surface area contributed by atoms with Gasteiger partial charge in [-0.1, -0.05) is 35.9 Å². The Morgan fingerprint density at radius 2 is 1.78 bits per heavy atom. The minimum absolute atomic E-state index is 0.159. The Morgan fingerprint density at radius 1 is 1.00 bits per heavy atom. The van der Waals surface area contributed by atoms with Crippen molar-refractivity contribution in [2.24, 2.45) is 0 Å². The second-order valence-electron chi connectivity index (χ2n) is 7.72. The molecule has 0 unspecified atom stereocenters. The highest BCUT2D eigenvalue weighted by Crippen LogP contribution is 2.27. The number of fused-ring (bicyclic) bond motifs is 1. The summed E-state index contributed by atoms with van der Waals surface area (Å²) in [5, 5.41) is 13.7. The van der Waals surface area contributed by atoms with Crippen molar-refractivity contribution < 1.29 is 0 Å². The summed E-state index contributed by atoms with van der Waals surface area (Å²) >= 11 is 0. The number of nitrogens with zero attached hydrogens (tertiary/aromatic N) is 6. The van der Waals surface area contributed by atoms with Crippen LogP contribution in [0.3, 0.4) is 0 Å². The lowest BCUT2D eigenvalue weighted by Crippen LogP contribution is -2.24. The molecule has 0 N–H and O–H groups in total. The lowest BCUT2D eigenvalue weighted by Gasteiger charge is -2.09. The lowest BCUT2D eigenvalue weighted by molar-refractivity contribution is 0.722. The Morgan fingerprint density at radius 3 is 2.56 bits per heavy atom. The van der Waals surface area contributed by atoms with Crippen LogP contribution in [0.4, 0.5) is 0 Å². The van der Waals surface area contributed by atoms with E-state index in [1.807, 2.05) is 74.6 Å². The fraction of sp³-hybridized carbons (Fsp3) is 0.120. The highest BCUT2D eigenvalue weighted by molar-refractivity contribution is 5.66. The molecule has 5 rings (SSSR count). The molecule has 0 bridgehead atoms. The number of nitriles is 1. The fourth-order valence-corrected chi connectivity index (χ4v) is 4.00. The molecule has 32 heavy (non-hydrogen) atoms. The van der Waals surface area contributed by atoms with Crippen molar-refractivity contribution in [2.75, 3.05) is 0 Å². The number of hydrogen-bond acceptors (Lipinski definition) is 4. The SMILES string of the molecule is Cc1ccc(-n2c(-c3ccc4ncnn4c3)c(C)n(Cc3ccccc3C#N)c2=O)cc1. The van der Waals surface area contributed by atoms with E-state index < -0.39 is 0 Å². The summed E-state index contributed by atoms with van der Waals surface area (Å²) in [7, 11) is 0. The predicted octanol–water partition coefficient (Wildman–Crippen LogP) is 3.89. The number of hydrogen-bond donors (Lipinski definition) is 0. The van der Waals surface area contributed by atoms with Crippen molar-refractivity contribution >= 4 is 5.65 Å². The maximum absolute atomic E-state index is 13.7. The summed E-state index contributed by atoms with van der Waals surface area (Å²) in [4.78, 5) is 17.9. The number of rotatable bonds is 4. The average molecular weight is 420 g/mol. The maximum atomic E-state index is 13.7. The Balaban J connectivity index is 1.76. The molecule has 3 heterocycles. The zero-order valence-electron chi connectivity index (χ0n) is 17.7. The first kappa shape index (κ1) is 19.5. The van der Waals surface area contributed by atoms with E-state index in [9.17, 15) is 10.1 Å². The second kappa shape index (κ2) is 7.67. The van der Waals surface area contributed by atoms with Crippen LogP contribution < -0.4 is 5.69 Å². The van der Waals surface area contributed by atoms with Crippen LogP contribution >= 0.6 is 0 Å². The Bertz CT molecular complexity index is 1550. The van der Waals surface area contributed by atoms with Crippen LogP contribution in [0.1, 0.15) is 22.4 Å². The first-order valence-corrected chi connectivity index (χ1v) is 10.2. The van der Waals surface area contributed by atoms with E-state index >= 15 is 0 Å². The summed E-state index contributed by atoms with van der Waals surface area (Å²) in [6.45, 7) is 4.26. The van der Waals surface area contributed by atoms with Crippen molar-refractivity contribution in [3.05, 3.63) is 106 Å². The Kier molecular flexibility index (Phi) is 4.68. The zero-order valence-corrected chi connectivity index (χ0v) is 17.7. The van der Waals surface area contributed by atoms with Crippen molar-refractivity contribution in [1.29, 1.82) is 5.26 Å². The molecule has 0 amide bonds. The molecule has 0 aliphatic carbocycles. The normalized spacial score (nSPS) is 11.0. The van der Waals surface area contributed by atoms with Gasteiger partial charge in [0.05, 0.1) is 29.6 Å². The van der Waals surface area contributed by atoms with Gasteiger partial charge in [0.25, 0.3) is 0 Å². The molecule has 3 aromatic heterocycles. The topological polar surface area (TPSA) is 80.9 Å². The van der Waals surface area contributed by atoms with Crippen LogP contribution in [0.5, 0.6) is 0 Å². The molecule has 156 valence electrons. The van der Waals surface area contributed by atoms with E-state index in [4.69, 9.17) is 0 Å². The molecule has 0 aliphatic rings. The summed E-state index contributed by atoms with van der Waals surface area (Å²) in [5.74, 6) is 0. The van der Waals surface area contributed by atoms with E-state index in [-0.39, 0.29) is 5.69 Å². The minimum atomic E-state index is -0.159. The molecule has 7 heteroatoms. The van der Waals surface area contributed by atoms with Gasteiger partial charge in [0.2, 0.25) is 0 Å². The molecule has 7 nitrogen and oxygen atoms in total. The molecule has 5 aromatic rings. The molecule has 0 aliphatic heterocycles. The molecular formula is C25H20N6O. The third-order valence-corrected chi connectivity index (χ3v) is 5.70. The largest absolute Gasteiger partial charge is 0.333 e. The molecule has 0 saturated heterocycles. The van der Waals surface area contributed by atoms with Gasteiger partial charge in [0, 0.05) is 17.5 Å². The van der Waals surface area contributed by atoms with Gasteiger partial charge in [-0.3, -0.25) is 9.13 Å². The van der Waals surface area contributed by atoms with E-state index in [0.29, 0.717) is 12.1 Å². The van der Waals surface area contributed by atoms with Crippen LogP contribution in [0, 0.1) is 25.2 Å². The van der Waals surface area contributed by atoms with Crippen molar-refractivity contribution in [2.45, 2.75) is 20.4 Å². The highest BCUT2D eigenvalue weighted by atomic mass is 16.1. The molecule has 0 spiro atoms.